The molecule has 22 heavy (non-hydrogen) atoms. The molecule has 0 atom stereocenters. The standard InChI is InChI=1S/C15H18N6O/c1-11-10-20(8-6-16)19-15(11)18-14(22)9-13-5-7-17-21(13)12-3-2-4-12/h5,7,10,12H,2-4,8-9H2,1H3,(H,18,19,22). The number of carbonyl (C=O) groups is 1. The normalized spacial score (nSPS) is 14.4. The van der Waals surface area contributed by atoms with Gasteiger partial charge < -0.3 is 5.32 Å². The van der Waals surface area contributed by atoms with Gasteiger partial charge in [0, 0.05) is 23.7 Å². The maximum Gasteiger partial charge on any atom is 0.231 e. The van der Waals surface area contributed by atoms with Crippen molar-refractivity contribution < 1.29 is 4.79 Å². The number of aryl methyl sites for hydroxylation is 1. The van der Waals surface area contributed by atoms with Crippen molar-refractivity contribution in [1.29, 1.82) is 5.26 Å². The highest BCUT2D eigenvalue weighted by atomic mass is 16.1. The molecule has 0 unspecified atom stereocenters. The van der Waals surface area contributed by atoms with Crippen molar-refractivity contribution in [3.63, 3.8) is 0 Å². The lowest BCUT2D eigenvalue weighted by Gasteiger charge is -2.27. The maximum absolute atomic E-state index is 12.2. The van der Waals surface area contributed by atoms with Gasteiger partial charge in [0.2, 0.25) is 5.91 Å². The number of nitriles is 1. The summed E-state index contributed by atoms with van der Waals surface area (Å²) in [7, 11) is 0. The van der Waals surface area contributed by atoms with Gasteiger partial charge >= 0.3 is 0 Å². The number of hydrogen-bond donors (Lipinski definition) is 1. The van der Waals surface area contributed by atoms with Crippen LogP contribution in [0, 0.1) is 18.3 Å². The van der Waals surface area contributed by atoms with Gasteiger partial charge in [-0.1, -0.05) is 0 Å². The summed E-state index contributed by atoms with van der Waals surface area (Å²) in [5.41, 5.74) is 1.77. The zero-order valence-electron chi connectivity index (χ0n) is 12.5. The van der Waals surface area contributed by atoms with Crippen LogP contribution in [-0.4, -0.2) is 25.5 Å². The monoisotopic (exact) mass is 298 g/mol. The molecular weight excluding hydrogens is 280 g/mol. The maximum atomic E-state index is 12.2. The van der Waals surface area contributed by atoms with Gasteiger partial charge in [0.1, 0.15) is 6.54 Å². The van der Waals surface area contributed by atoms with Crippen LogP contribution in [0.15, 0.2) is 18.5 Å². The fraction of sp³-hybridized carbons (Fsp3) is 0.467. The highest BCUT2D eigenvalue weighted by Crippen LogP contribution is 2.31. The molecule has 0 aliphatic heterocycles. The number of hydrogen-bond acceptors (Lipinski definition) is 4. The van der Waals surface area contributed by atoms with Crippen LogP contribution in [0.4, 0.5) is 5.82 Å². The molecule has 1 N–H and O–H groups in total. The Bertz CT molecular complexity index is 719. The van der Waals surface area contributed by atoms with Crippen LogP contribution in [0.5, 0.6) is 0 Å². The van der Waals surface area contributed by atoms with Crippen LogP contribution in [0.1, 0.15) is 36.6 Å². The third-order valence-electron chi connectivity index (χ3n) is 3.95. The molecule has 1 aliphatic rings. The molecule has 7 heteroatoms. The molecule has 1 saturated carbocycles. The number of anilines is 1. The van der Waals surface area contributed by atoms with E-state index in [9.17, 15) is 4.79 Å². The molecule has 3 rings (SSSR count). The predicted molar refractivity (Wildman–Crippen MR) is 80.0 cm³/mol. The Balaban J connectivity index is 1.65. The molecule has 2 aromatic heterocycles. The number of aromatic nitrogens is 4. The average Bonchev–Trinajstić information content (AvgIpc) is 2.97. The summed E-state index contributed by atoms with van der Waals surface area (Å²) < 4.78 is 3.48. The van der Waals surface area contributed by atoms with Crippen molar-refractivity contribution >= 4 is 11.7 Å². The highest BCUT2D eigenvalue weighted by Gasteiger charge is 2.23. The Morgan fingerprint density at radius 1 is 1.55 bits per heavy atom. The van der Waals surface area contributed by atoms with Gasteiger partial charge in [-0.2, -0.15) is 15.5 Å². The fourth-order valence-corrected chi connectivity index (χ4v) is 2.58. The van der Waals surface area contributed by atoms with E-state index in [-0.39, 0.29) is 18.9 Å². The molecule has 114 valence electrons. The summed E-state index contributed by atoms with van der Waals surface area (Å²) >= 11 is 0. The first kappa shape index (κ1) is 14.3. The zero-order chi connectivity index (χ0) is 15.5. The number of carbonyl (C=O) groups excluding carboxylic acids is 1. The second-order valence-electron chi connectivity index (χ2n) is 5.59. The number of nitrogens with zero attached hydrogens (tertiary/aromatic N) is 5. The zero-order valence-corrected chi connectivity index (χ0v) is 12.5. The van der Waals surface area contributed by atoms with E-state index in [4.69, 9.17) is 5.26 Å². The van der Waals surface area contributed by atoms with Gasteiger partial charge in [0.05, 0.1) is 18.5 Å². The van der Waals surface area contributed by atoms with E-state index in [2.05, 4.69) is 15.5 Å². The molecule has 2 heterocycles. The molecular formula is C15H18N6O. The topological polar surface area (TPSA) is 88.5 Å². The van der Waals surface area contributed by atoms with E-state index >= 15 is 0 Å². The van der Waals surface area contributed by atoms with Gasteiger partial charge in [0.15, 0.2) is 5.82 Å². The summed E-state index contributed by atoms with van der Waals surface area (Å²) in [6, 6.07) is 4.35. The number of amides is 1. The van der Waals surface area contributed by atoms with E-state index in [1.165, 1.54) is 11.1 Å². The van der Waals surface area contributed by atoms with Crippen molar-refractivity contribution in [2.75, 3.05) is 5.32 Å². The van der Waals surface area contributed by atoms with Crippen molar-refractivity contribution in [2.45, 2.75) is 45.2 Å². The second-order valence-corrected chi connectivity index (χ2v) is 5.59. The first-order chi connectivity index (χ1) is 10.7. The van der Waals surface area contributed by atoms with E-state index < -0.39 is 0 Å². The SMILES string of the molecule is Cc1cn(CC#N)nc1NC(=O)Cc1ccnn1C1CCC1. The van der Waals surface area contributed by atoms with E-state index in [1.807, 2.05) is 23.7 Å². The van der Waals surface area contributed by atoms with Crippen LogP contribution in [0.25, 0.3) is 0 Å². The van der Waals surface area contributed by atoms with Crippen LogP contribution in [0.2, 0.25) is 0 Å². The molecule has 2 aromatic rings. The van der Waals surface area contributed by atoms with Crippen molar-refractivity contribution in [1.82, 2.24) is 19.6 Å². The van der Waals surface area contributed by atoms with Gasteiger partial charge in [-0.3, -0.25) is 14.2 Å². The minimum atomic E-state index is -0.119. The van der Waals surface area contributed by atoms with Crippen LogP contribution in [0.3, 0.4) is 0 Å². The van der Waals surface area contributed by atoms with Gasteiger partial charge in [-0.05, 0) is 32.3 Å². The third-order valence-corrected chi connectivity index (χ3v) is 3.95. The van der Waals surface area contributed by atoms with E-state index in [1.54, 1.807) is 12.4 Å². The quantitative estimate of drug-likeness (QED) is 0.911. The summed E-state index contributed by atoms with van der Waals surface area (Å²) in [6.07, 6.45) is 7.26. The average molecular weight is 298 g/mol. The molecule has 1 aliphatic carbocycles. The Hall–Kier alpha value is -2.62. The molecule has 0 spiro atoms. The van der Waals surface area contributed by atoms with Gasteiger partial charge in [0.25, 0.3) is 0 Å². The molecule has 1 fully saturated rings. The lowest BCUT2D eigenvalue weighted by Crippen LogP contribution is -2.23. The van der Waals surface area contributed by atoms with Gasteiger partial charge in [-0.25, -0.2) is 0 Å². The summed E-state index contributed by atoms with van der Waals surface area (Å²) in [5.74, 6) is 0.390. The van der Waals surface area contributed by atoms with Crippen molar-refractivity contribution in [2.24, 2.45) is 0 Å². The Kier molecular flexibility index (Phi) is 3.92. The minimum Gasteiger partial charge on any atom is -0.309 e. The van der Waals surface area contributed by atoms with E-state index in [0.29, 0.717) is 11.9 Å². The number of rotatable bonds is 5. The van der Waals surface area contributed by atoms with Crippen LogP contribution >= 0.6 is 0 Å². The Morgan fingerprint density at radius 2 is 2.36 bits per heavy atom. The molecule has 7 nitrogen and oxygen atoms in total. The smallest absolute Gasteiger partial charge is 0.231 e. The van der Waals surface area contributed by atoms with E-state index in [0.717, 1.165) is 24.1 Å². The first-order valence-electron chi connectivity index (χ1n) is 7.40. The summed E-state index contributed by atoms with van der Waals surface area (Å²) in [6.45, 7) is 2.03. The minimum absolute atomic E-state index is 0.119. The van der Waals surface area contributed by atoms with Gasteiger partial charge in [-0.15, -0.1) is 0 Å². The number of nitrogens with one attached hydrogen (secondary N) is 1. The molecule has 0 bridgehead atoms. The Labute approximate surface area is 128 Å². The summed E-state index contributed by atoms with van der Waals surface area (Å²) in [4.78, 5) is 12.2. The second kappa shape index (κ2) is 6.02. The molecule has 1 amide bonds. The fourth-order valence-electron chi connectivity index (χ4n) is 2.58. The van der Waals surface area contributed by atoms with Crippen LogP contribution in [-0.2, 0) is 17.8 Å². The highest BCUT2D eigenvalue weighted by molar-refractivity contribution is 5.91. The first-order valence-corrected chi connectivity index (χ1v) is 7.40. The van der Waals surface area contributed by atoms with Crippen LogP contribution < -0.4 is 5.32 Å². The lowest BCUT2D eigenvalue weighted by molar-refractivity contribution is -0.115. The lowest BCUT2D eigenvalue weighted by atomic mass is 9.93. The molecule has 0 aromatic carbocycles. The molecule has 0 radical (unpaired) electrons. The predicted octanol–water partition coefficient (Wildman–Crippen LogP) is 1.82. The molecule has 0 saturated heterocycles. The van der Waals surface area contributed by atoms with Crippen molar-refractivity contribution in [3.05, 3.63) is 29.7 Å². The Morgan fingerprint density at radius 3 is 3.05 bits per heavy atom. The third kappa shape index (κ3) is 2.86. The largest absolute Gasteiger partial charge is 0.309 e. The van der Waals surface area contributed by atoms with Crippen molar-refractivity contribution in [3.8, 4) is 6.07 Å². The summed E-state index contributed by atoms with van der Waals surface area (Å²) in [5, 5.41) is 20.0.